The van der Waals surface area contributed by atoms with Crippen LogP contribution in [0.1, 0.15) is 38.2 Å². The van der Waals surface area contributed by atoms with Crippen LogP contribution in [-0.2, 0) is 6.67 Å². The molecule has 176 valence electrons. The highest BCUT2D eigenvalue weighted by Crippen LogP contribution is 2.29. The molecule has 0 aliphatic carbocycles. The fraction of sp³-hybridized carbons (Fsp3) is 0.462. The molecule has 0 spiro atoms. The third-order valence-corrected chi connectivity index (χ3v) is 7.05. The quantitative estimate of drug-likeness (QED) is 0.449. The molecule has 0 saturated carbocycles. The van der Waals surface area contributed by atoms with E-state index in [9.17, 15) is 0 Å². The highest BCUT2D eigenvalue weighted by Gasteiger charge is 2.23. The second-order valence-corrected chi connectivity index (χ2v) is 9.68. The Morgan fingerprint density at radius 2 is 1.76 bits per heavy atom. The van der Waals surface area contributed by atoms with Crippen LogP contribution in [0.4, 0.5) is 0 Å². The number of methoxy groups -OCH3 is 1. The molecule has 3 aromatic rings. The van der Waals surface area contributed by atoms with Crippen molar-refractivity contribution in [3.63, 3.8) is 0 Å². The van der Waals surface area contributed by atoms with Gasteiger partial charge in [0.15, 0.2) is 5.82 Å². The zero-order valence-electron chi connectivity index (χ0n) is 20.4. The number of hydrogen-bond donors (Lipinski definition) is 0. The predicted molar refractivity (Wildman–Crippen MR) is 137 cm³/mol. The standard InChI is InChI=1S/C26H35N5OS/c1-19(2)23-8-6-7-9-24(23)31-25(20-10-12-22(32-5)13-11-20)27-30(26(31)33)18-29(4)21-14-16-28(3)17-15-21/h6-13,19,21H,14-18H2,1-5H3. The number of hydrogen-bond acceptors (Lipinski definition) is 5. The van der Waals surface area contributed by atoms with E-state index >= 15 is 0 Å². The molecule has 0 atom stereocenters. The Balaban J connectivity index is 1.77. The van der Waals surface area contributed by atoms with E-state index in [4.69, 9.17) is 22.1 Å². The first-order valence-electron chi connectivity index (χ1n) is 11.7. The average Bonchev–Trinajstić information content (AvgIpc) is 3.15. The highest BCUT2D eigenvalue weighted by molar-refractivity contribution is 7.71. The summed E-state index contributed by atoms with van der Waals surface area (Å²) in [6, 6.07) is 17.1. The molecule has 2 aromatic carbocycles. The fourth-order valence-electron chi connectivity index (χ4n) is 4.59. The van der Waals surface area contributed by atoms with Crippen LogP contribution in [0.2, 0.25) is 0 Å². The second kappa shape index (κ2) is 10.2. The lowest BCUT2D eigenvalue weighted by Gasteiger charge is -2.34. The minimum atomic E-state index is 0.372. The molecule has 0 radical (unpaired) electrons. The van der Waals surface area contributed by atoms with E-state index in [2.05, 4.69) is 78.7 Å². The van der Waals surface area contributed by atoms with Gasteiger partial charge >= 0.3 is 0 Å². The minimum Gasteiger partial charge on any atom is -0.497 e. The Morgan fingerprint density at radius 1 is 1.09 bits per heavy atom. The van der Waals surface area contributed by atoms with E-state index in [-0.39, 0.29) is 0 Å². The molecular formula is C26H35N5OS. The van der Waals surface area contributed by atoms with E-state index in [1.54, 1.807) is 7.11 Å². The Hall–Kier alpha value is -2.48. The van der Waals surface area contributed by atoms with Gasteiger partial charge < -0.3 is 9.64 Å². The number of likely N-dealkylation sites (tertiary alicyclic amines) is 1. The minimum absolute atomic E-state index is 0.372. The lowest BCUT2D eigenvalue weighted by atomic mass is 10.0. The van der Waals surface area contributed by atoms with Crippen molar-refractivity contribution in [2.75, 3.05) is 34.3 Å². The zero-order chi connectivity index (χ0) is 23.5. The maximum absolute atomic E-state index is 6.03. The van der Waals surface area contributed by atoms with Gasteiger partial charge in [-0.2, -0.15) is 0 Å². The van der Waals surface area contributed by atoms with E-state index < -0.39 is 0 Å². The Kier molecular flexibility index (Phi) is 7.32. The number of nitrogens with zero attached hydrogens (tertiary/aromatic N) is 5. The van der Waals surface area contributed by atoms with Crippen LogP contribution >= 0.6 is 12.2 Å². The highest BCUT2D eigenvalue weighted by atomic mass is 32.1. The number of ether oxygens (including phenoxy) is 1. The molecule has 6 nitrogen and oxygen atoms in total. The molecule has 1 aliphatic rings. The summed E-state index contributed by atoms with van der Waals surface area (Å²) >= 11 is 6.03. The maximum atomic E-state index is 6.03. The van der Waals surface area contributed by atoms with Gasteiger partial charge in [0.05, 0.1) is 19.5 Å². The van der Waals surface area contributed by atoms with Crippen LogP contribution in [0.15, 0.2) is 48.5 Å². The summed E-state index contributed by atoms with van der Waals surface area (Å²) in [5.74, 6) is 2.05. The SMILES string of the molecule is COc1ccc(-c2nn(CN(C)C3CCN(C)CC3)c(=S)n2-c2ccccc2C(C)C)cc1. The Labute approximate surface area is 202 Å². The van der Waals surface area contributed by atoms with Gasteiger partial charge in [0.2, 0.25) is 4.77 Å². The molecule has 33 heavy (non-hydrogen) atoms. The summed E-state index contributed by atoms with van der Waals surface area (Å²) < 4.78 is 10.2. The van der Waals surface area contributed by atoms with Gasteiger partial charge in [-0.05, 0) is 94.1 Å². The summed E-state index contributed by atoms with van der Waals surface area (Å²) in [6.45, 7) is 7.37. The summed E-state index contributed by atoms with van der Waals surface area (Å²) in [7, 11) is 6.07. The van der Waals surface area contributed by atoms with Crippen molar-refractivity contribution >= 4 is 12.2 Å². The van der Waals surface area contributed by atoms with Crippen LogP contribution in [0.5, 0.6) is 5.75 Å². The van der Waals surface area contributed by atoms with Gasteiger partial charge in [-0.15, -0.1) is 5.10 Å². The maximum Gasteiger partial charge on any atom is 0.204 e. The van der Waals surface area contributed by atoms with E-state index in [1.165, 1.54) is 18.4 Å². The molecule has 1 aromatic heterocycles. The van der Waals surface area contributed by atoms with Gasteiger partial charge in [0, 0.05) is 11.6 Å². The van der Waals surface area contributed by atoms with Crippen molar-refractivity contribution in [1.29, 1.82) is 0 Å². The van der Waals surface area contributed by atoms with E-state index in [0.29, 0.717) is 23.4 Å². The van der Waals surface area contributed by atoms with Crippen molar-refractivity contribution in [3.05, 3.63) is 58.9 Å². The molecule has 4 rings (SSSR count). The summed E-state index contributed by atoms with van der Waals surface area (Å²) in [4.78, 5) is 4.79. The van der Waals surface area contributed by atoms with Crippen LogP contribution in [-0.4, -0.2) is 64.5 Å². The third-order valence-electron chi connectivity index (χ3n) is 6.66. The van der Waals surface area contributed by atoms with Crippen LogP contribution in [0.25, 0.3) is 17.1 Å². The first kappa shape index (κ1) is 23.7. The van der Waals surface area contributed by atoms with Gasteiger partial charge in [0.25, 0.3) is 0 Å². The number of piperidine rings is 1. The molecule has 2 heterocycles. The summed E-state index contributed by atoms with van der Waals surface area (Å²) in [5.41, 5.74) is 3.37. The van der Waals surface area contributed by atoms with Crippen molar-refractivity contribution in [1.82, 2.24) is 24.1 Å². The molecule has 1 fully saturated rings. The topological polar surface area (TPSA) is 38.5 Å². The molecule has 0 N–H and O–H groups in total. The van der Waals surface area contributed by atoms with Gasteiger partial charge in [0.1, 0.15) is 5.75 Å². The number of aromatic nitrogens is 3. The first-order chi connectivity index (χ1) is 15.9. The summed E-state index contributed by atoms with van der Waals surface area (Å²) in [6.07, 6.45) is 2.34. The van der Waals surface area contributed by atoms with E-state index in [0.717, 1.165) is 35.9 Å². The van der Waals surface area contributed by atoms with Crippen LogP contribution < -0.4 is 4.74 Å². The third kappa shape index (κ3) is 5.05. The first-order valence-corrected chi connectivity index (χ1v) is 12.1. The molecule has 0 bridgehead atoms. The van der Waals surface area contributed by atoms with Crippen molar-refractivity contribution in [3.8, 4) is 22.8 Å². The molecule has 0 unspecified atom stereocenters. The fourth-order valence-corrected chi connectivity index (χ4v) is 4.87. The van der Waals surface area contributed by atoms with Crippen molar-refractivity contribution < 1.29 is 4.74 Å². The Morgan fingerprint density at radius 3 is 2.39 bits per heavy atom. The summed E-state index contributed by atoms with van der Waals surface area (Å²) in [5, 5.41) is 5.04. The van der Waals surface area contributed by atoms with Gasteiger partial charge in [-0.3, -0.25) is 9.47 Å². The monoisotopic (exact) mass is 465 g/mol. The van der Waals surface area contributed by atoms with Gasteiger partial charge in [-0.25, -0.2) is 4.68 Å². The molecule has 0 amide bonds. The normalized spacial score (nSPS) is 15.5. The van der Waals surface area contributed by atoms with Gasteiger partial charge in [-0.1, -0.05) is 32.0 Å². The zero-order valence-corrected chi connectivity index (χ0v) is 21.2. The van der Waals surface area contributed by atoms with Crippen LogP contribution in [0, 0.1) is 4.77 Å². The number of benzene rings is 2. The largest absolute Gasteiger partial charge is 0.497 e. The Bertz CT molecular complexity index is 1130. The average molecular weight is 466 g/mol. The molecule has 1 saturated heterocycles. The number of para-hydroxylation sites is 1. The lowest BCUT2D eigenvalue weighted by Crippen LogP contribution is -2.42. The predicted octanol–water partition coefficient (Wildman–Crippen LogP) is 5.19. The van der Waals surface area contributed by atoms with E-state index in [1.807, 2.05) is 16.8 Å². The van der Waals surface area contributed by atoms with Crippen molar-refractivity contribution in [2.45, 2.75) is 45.3 Å². The smallest absolute Gasteiger partial charge is 0.204 e. The van der Waals surface area contributed by atoms with Crippen LogP contribution in [0.3, 0.4) is 0 Å². The van der Waals surface area contributed by atoms with Crippen molar-refractivity contribution in [2.24, 2.45) is 0 Å². The molecule has 7 heteroatoms. The molecular weight excluding hydrogens is 430 g/mol. The molecule has 1 aliphatic heterocycles. The second-order valence-electron chi connectivity index (χ2n) is 9.32. The lowest BCUT2D eigenvalue weighted by molar-refractivity contribution is 0.113. The number of rotatable bonds is 7.